The van der Waals surface area contributed by atoms with Gasteiger partial charge in [-0.1, -0.05) is 0 Å². The first-order valence-corrected chi connectivity index (χ1v) is 5.80. The van der Waals surface area contributed by atoms with Crippen molar-refractivity contribution in [3.8, 4) is 16.7 Å². The van der Waals surface area contributed by atoms with Gasteiger partial charge < -0.3 is 9.15 Å². The Balaban J connectivity index is 2.24. The predicted octanol–water partition coefficient (Wildman–Crippen LogP) is 3.56. The lowest BCUT2D eigenvalue weighted by Crippen LogP contribution is -1.87. The molecule has 0 saturated carbocycles. The van der Waals surface area contributed by atoms with Crippen molar-refractivity contribution in [2.24, 2.45) is 0 Å². The first-order chi connectivity index (χ1) is 6.79. The molecular weight excluding hydrogens is 266 g/mol. The van der Waals surface area contributed by atoms with E-state index in [1.54, 1.807) is 17.5 Å². The van der Waals surface area contributed by atoms with Gasteiger partial charge in [-0.2, -0.15) is 0 Å². The Bertz CT molecular complexity index is 424. The van der Waals surface area contributed by atoms with Crippen molar-refractivity contribution >= 4 is 27.3 Å². The zero-order valence-electron chi connectivity index (χ0n) is 7.49. The van der Waals surface area contributed by atoms with Crippen LogP contribution in [0.2, 0.25) is 0 Å². The van der Waals surface area contributed by atoms with Gasteiger partial charge in [-0.25, -0.2) is 4.98 Å². The quantitative estimate of drug-likeness (QED) is 0.858. The van der Waals surface area contributed by atoms with Crippen LogP contribution >= 0.6 is 27.3 Å². The van der Waals surface area contributed by atoms with Gasteiger partial charge in [-0.15, -0.1) is 11.3 Å². The molecule has 2 rings (SSSR count). The second-order valence-electron chi connectivity index (χ2n) is 2.55. The molecule has 0 saturated heterocycles. The number of thiophene rings is 1. The SMILES string of the molecule is CCOc1cnc(-c2cc(Br)cs2)o1. The highest BCUT2D eigenvalue weighted by molar-refractivity contribution is 9.10. The van der Waals surface area contributed by atoms with Gasteiger partial charge in [0, 0.05) is 9.85 Å². The molecule has 0 aliphatic heterocycles. The van der Waals surface area contributed by atoms with Crippen LogP contribution in [0.4, 0.5) is 0 Å². The maximum atomic E-state index is 5.38. The van der Waals surface area contributed by atoms with Crippen LogP contribution in [-0.2, 0) is 0 Å². The van der Waals surface area contributed by atoms with E-state index in [0.29, 0.717) is 18.4 Å². The number of rotatable bonds is 3. The highest BCUT2D eigenvalue weighted by Gasteiger charge is 2.08. The highest BCUT2D eigenvalue weighted by atomic mass is 79.9. The fourth-order valence-electron chi connectivity index (χ4n) is 1.01. The van der Waals surface area contributed by atoms with Gasteiger partial charge in [0.05, 0.1) is 11.5 Å². The van der Waals surface area contributed by atoms with E-state index in [4.69, 9.17) is 9.15 Å². The van der Waals surface area contributed by atoms with Crippen molar-refractivity contribution in [1.82, 2.24) is 4.98 Å². The Morgan fingerprint density at radius 1 is 1.64 bits per heavy atom. The van der Waals surface area contributed by atoms with Gasteiger partial charge in [0.2, 0.25) is 5.89 Å². The first kappa shape index (κ1) is 9.73. The molecule has 0 N–H and O–H groups in total. The van der Waals surface area contributed by atoms with E-state index >= 15 is 0 Å². The third-order valence-electron chi connectivity index (χ3n) is 1.55. The monoisotopic (exact) mass is 273 g/mol. The van der Waals surface area contributed by atoms with E-state index in [0.717, 1.165) is 9.35 Å². The molecule has 0 amide bonds. The molecule has 2 heterocycles. The average molecular weight is 274 g/mol. The number of hydrogen-bond acceptors (Lipinski definition) is 4. The molecule has 0 fully saturated rings. The topological polar surface area (TPSA) is 35.3 Å². The van der Waals surface area contributed by atoms with Crippen molar-refractivity contribution in [1.29, 1.82) is 0 Å². The van der Waals surface area contributed by atoms with Crippen LogP contribution in [0.25, 0.3) is 10.8 Å². The molecule has 0 radical (unpaired) electrons. The zero-order chi connectivity index (χ0) is 9.97. The summed E-state index contributed by atoms with van der Waals surface area (Å²) in [6.07, 6.45) is 1.59. The van der Waals surface area contributed by atoms with E-state index in [9.17, 15) is 0 Å². The third-order valence-corrected chi connectivity index (χ3v) is 3.23. The molecule has 0 spiro atoms. The van der Waals surface area contributed by atoms with Gasteiger partial charge in [-0.05, 0) is 28.9 Å². The molecule has 0 aliphatic rings. The fraction of sp³-hybridized carbons (Fsp3) is 0.222. The van der Waals surface area contributed by atoms with Crippen molar-refractivity contribution in [3.05, 3.63) is 22.1 Å². The lowest BCUT2D eigenvalue weighted by Gasteiger charge is -1.93. The van der Waals surface area contributed by atoms with Crippen molar-refractivity contribution in [2.75, 3.05) is 6.61 Å². The summed E-state index contributed by atoms with van der Waals surface area (Å²) in [5.41, 5.74) is 0. The summed E-state index contributed by atoms with van der Waals surface area (Å²) in [4.78, 5) is 5.11. The molecule has 5 heteroatoms. The molecule has 0 aromatic carbocycles. The van der Waals surface area contributed by atoms with Crippen LogP contribution in [0, 0.1) is 0 Å². The maximum Gasteiger partial charge on any atom is 0.305 e. The standard InChI is InChI=1S/C9H8BrNO2S/c1-2-12-8-4-11-9(13-8)7-3-6(10)5-14-7/h3-5H,2H2,1H3. The van der Waals surface area contributed by atoms with E-state index in [2.05, 4.69) is 20.9 Å². The van der Waals surface area contributed by atoms with Crippen molar-refractivity contribution < 1.29 is 9.15 Å². The largest absolute Gasteiger partial charge is 0.464 e. The number of halogens is 1. The molecule has 2 aromatic rings. The number of aromatic nitrogens is 1. The van der Waals surface area contributed by atoms with Crippen LogP contribution in [0.3, 0.4) is 0 Å². The van der Waals surface area contributed by atoms with Crippen LogP contribution in [0.15, 0.2) is 26.5 Å². The van der Waals surface area contributed by atoms with Crippen molar-refractivity contribution in [3.63, 3.8) is 0 Å². The summed E-state index contributed by atoms with van der Waals surface area (Å²) >= 11 is 4.95. The molecule has 74 valence electrons. The van der Waals surface area contributed by atoms with Gasteiger partial charge in [0.15, 0.2) is 0 Å². The Morgan fingerprint density at radius 3 is 3.14 bits per heavy atom. The number of nitrogens with zero attached hydrogens (tertiary/aromatic N) is 1. The summed E-state index contributed by atoms with van der Waals surface area (Å²) in [5.74, 6) is 1.07. The molecule has 0 aliphatic carbocycles. The summed E-state index contributed by atoms with van der Waals surface area (Å²) in [6, 6.07) is 1.96. The second-order valence-corrected chi connectivity index (χ2v) is 4.37. The molecule has 0 atom stereocenters. The van der Waals surface area contributed by atoms with Crippen LogP contribution in [0.1, 0.15) is 6.92 Å². The fourth-order valence-corrected chi connectivity index (χ4v) is 2.37. The Hall–Kier alpha value is -0.810. The van der Waals surface area contributed by atoms with E-state index in [-0.39, 0.29) is 0 Å². The lowest BCUT2D eigenvalue weighted by molar-refractivity contribution is 0.260. The number of ether oxygens (including phenoxy) is 1. The highest BCUT2D eigenvalue weighted by Crippen LogP contribution is 2.30. The first-order valence-electron chi connectivity index (χ1n) is 4.12. The molecule has 2 aromatic heterocycles. The van der Waals surface area contributed by atoms with Crippen LogP contribution < -0.4 is 4.74 Å². The molecular formula is C9H8BrNO2S. The second kappa shape index (κ2) is 4.14. The van der Waals surface area contributed by atoms with Gasteiger partial charge in [0.1, 0.15) is 6.20 Å². The van der Waals surface area contributed by atoms with Gasteiger partial charge >= 0.3 is 5.95 Å². The zero-order valence-corrected chi connectivity index (χ0v) is 9.89. The minimum absolute atomic E-state index is 0.465. The van der Waals surface area contributed by atoms with E-state index in [1.165, 1.54) is 0 Å². The summed E-state index contributed by atoms with van der Waals surface area (Å²) < 4.78 is 11.6. The Kier molecular flexibility index (Phi) is 2.88. The average Bonchev–Trinajstić information content (AvgIpc) is 2.74. The van der Waals surface area contributed by atoms with Crippen LogP contribution in [0.5, 0.6) is 5.95 Å². The Labute approximate surface area is 93.9 Å². The normalized spacial score (nSPS) is 10.4. The van der Waals surface area contributed by atoms with E-state index in [1.807, 2.05) is 18.4 Å². The summed E-state index contributed by atoms with van der Waals surface area (Å²) in [7, 11) is 0. The molecule has 14 heavy (non-hydrogen) atoms. The summed E-state index contributed by atoms with van der Waals surface area (Å²) in [5, 5.41) is 1.99. The lowest BCUT2D eigenvalue weighted by atomic mass is 10.5. The minimum Gasteiger partial charge on any atom is -0.464 e. The van der Waals surface area contributed by atoms with Gasteiger partial charge in [-0.3, -0.25) is 0 Å². The molecule has 0 unspecified atom stereocenters. The predicted molar refractivity (Wildman–Crippen MR) is 58.7 cm³/mol. The maximum absolute atomic E-state index is 5.38. The third kappa shape index (κ3) is 1.99. The van der Waals surface area contributed by atoms with E-state index < -0.39 is 0 Å². The van der Waals surface area contributed by atoms with Crippen LogP contribution in [-0.4, -0.2) is 11.6 Å². The molecule has 0 bridgehead atoms. The van der Waals surface area contributed by atoms with Gasteiger partial charge in [0.25, 0.3) is 0 Å². The summed E-state index contributed by atoms with van der Waals surface area (Å²) in [6.45, 7) is 2.49. The number of hydrogen-bond donors (Lipinski definition) is 0. The van der Waals surface area contributed by atoms with Crippen molar-refractivity contribution in [2.45, 2.75) is 6.92 Å². The smallest absolute Gasteiger partial charge is 0.305 e. The molecule has 3 nitrogen and oxygen atoms in total. The number of oxazole rings is 1. The Morgan fingerprint density at radius 2 is 2.50 bits per heavy atom. The minimum atomic E-state index is 0.465.